The molecule has 0 saturated heterocycles. The van der Waals surface area contributed by atoms with Crippen molar-refractivity contribution in [3.63, 3.8) is 0 Å². The second-order valence-electron chi connectivity index (χ2n) is 14.6. The molecule has 4 nitrogen and oxygen atoms in total. The Labute approximate surface area is 341 Å². The van der Waals surface area contributed by atoms with Gasteiger partial charge in [-0.2, -0.15) is 0 Å². The van der Waals surface area contributed by atoms with Crippen LogP contribution in [-0.4, -0.2) is 19.9 Å². The van der Waals surface area contributed by atoms with Gasteiger partial charge in [-0.1, -0.05) is 164 Å². The fourth-order valence-corrected chi connectivity index (χ4v) is 10.9. The van der Waals surface area contributed by atoms with Gasteiger partial charge in [-0.25, -0.2) is 19.9 Å². The molecule has 0 bridgehead atoms. The minimum atomic E-state index is 0.646. The van der Waals surface area contributed by atoms with Crippen molar-refractivity contribution in [1.29, 1.82) is 0 Å². The summed E-state index contributed by atoms with van der Waals surface area (Å²) >= 11 is 3.67. The van der Waals surface area contributed by atoms with Gasteiger partial charge in [-0.3, -0.25) is 0 Å². The first-order valence-electron chi connectivity index (χ1n) is 19.3. The molecule has 12 rings (SSSR count). The number of hydrogen-bond donors (Lipinski definition) is 0. The molecule has 0 unspecified atom stereocenters. The number of para-hydroxylation sites is 1. The van der Waals surface area contributed by atoms with Crippen LogP contribution in [0.2, 0.25) is 0 Å². The maximum absolute atomic E-state index is 5.19. The molecule has 0 aliphatic carbocycles. The Balaban J connectivity index is 0.987. The van der Waals surface area contributed by atoms with Crippen molar-refractivity contribution in [2.75, 3.05) is 0 Å². The second-order valence-corrected chi connectivity index (χ2v) is 16.7. The maximum Gasteiger partial charge on any atom is 0.164 e. The number of thiophene rings is 2. The van der Waals surface area contributed by atoms with Crippen molar-refractivity contribution in [1.82, 2.24) is 19.9 Å². The molecule has 0 amide bonds. The Bertz CT molecular complexity index is 3560. The first-order valence-corrected chi connectivity index (χ1v) is 20.9. The number of fused-ring (bicyclic) bond motifs is 10. The predicted molar refractivity (Wildman–Crippen MR) is 246 cm³/mol. The summed E-state index contributed by atoms with van der Waals surface area (Å²) in [6, 6.07) is 64.3. The zero-order chi connectivity index (χ0) is 38.2. The summed E-state index contributed by atoms with van der Waals surface area (Å²) in [5, 5.41) is 8.66. The van der Waals surface area contributed by atoms with Crippen molar-refractivity contribution >= 4 is 84.7 Å². The summed E-state index contributed by atoms with van der Waals surface area (Å²) in [6.07, 6.45) is 0. The molecule has 0 spiro atoms. The largest absolute Gasteiger partial charge is 0.247 e. The van der Waals surface area contributed by atoms with Gasteiger partial charge in [0.15, 0.2) is 17.5 Å². The topological polar surface area (TPSA) is 51.6 Å². The van der Waals surface area contributed by atoms with E-state index in [9.17, 15) is 0 Å². The third-order valence-corrected chi connectivity index (χ3v) is 13.5. The number of nitrogens with zero attached hydrogens (tertiary/aromatic N) is 4. The van der Waals surface area contributed by atoms with Gasteiger partial charge in [0.2, 0.25) is 0 Å². The zero-order valence-corrected chi connectivity index (χ0v) is 32.6. The Morgan fingerprint density at radius 3 is 1.66 bits per heavy atom. The van der Waals surface area contributed by atoms with E-state index in [-0.39, 0.29) is 0 Å². The molecule has 0 saturated carbocycles. The number of hydrogen-bond acceptors (Lipinski definition) is 6. The van der Waals surface area contributed by atoms with Gasteiger partial charge >= 0.3 is 0 Å². The second kappa shape index (κ2) is 13.2. The number of rotatable bonds is 5. The van der Waals surface area contributed by atoms with Crippen LogP contribution in [0.3, 0.4) is 0 Å². The highest BCUT2D eigenvalue weighted by Gasteiger charge is 2.19. The lowest BCUT2D eigenvalue weighted by molar-refractivity contribution is 1.07. The molecule has 4 aromatic heterocycles. The standard InChI is InChI=1S/C52H30N4S2/c1-3-12-32(13-4-1)47-42-29-28-40-39-19-11-18-36(48(39)58-49(40)46(42)41-17-7-9-20-43(41)53-47)31-22-24-34(25-23-31)51-54-50(33-14-5-2-6-15-33)55-52(56-51)35-26-27-38-37-16-8-10-21-44(37)57-45(38)30-35/h1-30H. The van der Waals surface area contributed by atoms with Crippen molar-refractivity contribution in [3.05, 3.63) is 182 Å². The van der Waals surface area contributed by atoms with Gasteiger partial charge in [-0.15, -0.1) is 22.7 Å². The summed E-state index contributed by atoms with van der Waals surface area (Å²) in [6.45, 7) is 0. The third-order valence-electron chi connectivity index (χ3n) is 11.1. The van der Waals surface area contributed by atoms with E-state index in [1.54, 1.807) is 11.3 Å². The molecule has 0 aliphatic rings. The molecule has 0 atom stereocenters. The number of aromatic nitrogens is 4. The van der Waals surface area contributed by atoms with Crippen LogP contribution in [0.15, 0.2) is 182 Å². The number of pyridine rings is 1. The summed E-state index contributed by atoms with van der Waals surface area (Å²) in [4.78, 5) is 20.4. The first-order chi connectivity index (χ1) is 28.7. The molecule has 6 heteroatoms. The SMILES string of the molecule is c1ccc(-c2nc(-c3ccc(-c4cccc5c4sc4c5ccc5c(-c6ccccc6)nc6ccccc6c54)cc3)nc(-c3ccc4c(c3)sc3ccccc34)n2)cc1. The fraction of sp³-hybridized carbons (Fsp3) is 0. The van der Waals surface area contributed by atoms with Gasteiger partial charge in [0, 0.05) is 78.8 Å². The van der Waals surface area contributed by atoms with Crippen LogP contribution in [0.25, 0.3) is 119 Å². The van der Waals surface area contributed by atoms with Crippen LogP contribution in [0.5, 0.6) is 0 Å². The molecule has 12 aromatic rings. The molecular formula is C52H30N4S2. The van der Waals surface area contributed by atoms with Crippen LogP contribution in [0, 0.1) is 0 Å². The number of benzene rings is 8. The Morgan fingerprint density at radius 1 is 0.310 bits per heavy atom. The van der Waals surface area contributed by atoms with E-state index in [0.29, 0.717) is 17.5 Å². The Kier molecular flexibility index (Phi) is 7.55. The Morgan fingerprint density at radius 2 is 0.862 bits per heavy atom. The van der Waals surface area contributed by atoms with Crippen molar-refractivity contribution in [2.45, 2.75) is 0 Å². The van der Waals surface area contributed by atoms with Gasteiger partial charge in [-0.05, 0) is 29.3 Å². The monoisotopic (exact) mass is 774 g/mol. The maximum atomic E-state index is 5.19. The molecule has 0 N–H and O–H groups in total. The molecule has 0 radical (unpaired) electrons. The molecular weight excluding hydrogens is 745 g/mol. The first kappa shape index (κ1) is 33.1. The van der Waals surface area contributed by atoms with Crippen LogP contribution in [-0.2, 0) is 0 Å². The predicted octanol–water partition coefficient (Wildman–Crippen LogP) is 14.6. The van der Waals surface area contributed by atoms with E-state index in [1.165, 1.54) is 62.1 Å². The highest BCUT2D eigenvalue weighted by atomic mass is 32.1. The van der Waals surface area contributed by atoms with Crippen molar-refractivity contribution in [2.24, 2.45) is 0 Å². The van der Waals surface area contributed by atoms with Crippen LogP contribution < -0.4 is 0 Å². The molecule has 0 aliphatic heterocycles. The quantitative estimate of drug-likeness (QED) is 0.163. The fourth-order valence-electron chi connectivity index (χ4n) is 8.35. The van der Waals surface area contributed by atoms with Gasteiger partial charge < -0.3 is 0 Å². The molecule has 4 heterocycles. The van der Waals surface area contributed by atoms with Gasteiger partial charge in [0.05, 0.1) is 11.2 Å². The van der Waals surface area contributed by atoms with Crippen LogP contribution in [0.1, 0.15) is 0 Å². The lowest BCUT2D eigenvalue weighted by Gasteiger charge is -2.11. The smallest absolute Gasteiger partial charge is 0.164 e. The molecule has 0 fully saturated rings. The van der Waals surface area contributed by atoms with Gasteiger partial charge in [0.25, 0.3) is 0 Å². The molecule has 270 valence electrons. The lowest BCUT2D eigenvalue weighted by atomic mass is 9.97. The average molecular weight is 775 g/mol. The van der Waals surface area contributed by atoms with E-state index in [4.69, 9.17) is 19.9 Å². The Hall–Kier alpha value is -7.12. The van der Waals surface area contributed by atoms with E-state index in [0.717, 1.165) is 39.0 Å². The minimum Gasteiger partial charge on any atom is -0.247 e. The van der Waals surface area contributed by atoms with E-state index in [1.807, 2.05) is 29.5 Å². The highest BCUT2D eigenvalue weighted by molar-refractivity contribution is 7.27. The van der Waals surface area contributed by atoms with E-state index in [2.05, 4.69) is 164 Å². The van der Waals surface area contributed by atoms with Gasteiger partial charge in [0.1, 0.15) is 0 Å². The normalized spacial score (nSPS) is 11.8. The van der Waals surface area contributed by atoms with E-state index >= 15 is 0 Å². The highest BCUT2D eigenvalue weighted by Crippen LogP contribution is 2.46. The summed E-state index contributed by atoms with van der Waals surface area (Å²) in [5.41, 5.74) is 8.37. The molecule has 58 heavy (non-hydrogen) atoms. The third kappa shape index (κ3) is 5.34. The minimum absolute atomic E-state index is 0.646. The lowest BCUT2D eigenvalue weighted by Crippen LogP contribution is -2.00. The summed E-state index contributed by atoms with van der Waals surface area (Å²) in [5.74, 6) is 1.96. The van der Waals surface area contributed by atoms with Crippen molar-refractivity contribution in [3.8, 4) is 56.5 Å². The van der Waals surface area contributed by atoms with Crippen LogP contribution in [0.4, 0.5) is 0 Å². The zero-order valence-electron chi connectivity index (χ0n) is 30.9. The molecule has 8 aromatic carbocycles. The average Bonchev–Trinajstić information content (AvgIpc) is 3.87. The van der Waals surface area contributed by atoms with Crippen LogP contribution >= 0.6 is 22.7 Å². The summed E-state index contributed by atoms with van der Waals surface area (Å²) in [7, 11) is 0. The summed E-state index contributed by atoms with van der Waals surface area (Å²) < 4.78 is 5.05. The van der Waals surface area contributed by atoms with Crippen molar-refractivity contribution < 1.29 is 0 Å². The van der Waals surface area contributed by atoms with E-state index < -0.39 is 0 Å².